The van der Waals surface area contributed by atoms with Crippen molar-refractivity contribution in [1.29, 1.82) is 0 Å². The maximum Gasteiger partial charge on any atom is 0.387 e. The summed E-state index contributed by atoms with van der Waals surface area (Å²) in [5.41, 5.74) is 1.62. The van der Waals surface area contributed by atoms with Crippen LogP contribution in [0.1, 0.15) is 11.3 Å². The molecule has 0 bridgehead atoms. The number of hydrogen-bond donors (Lipinski definition) is 1. The average molecular weight is 313 g/mol. The van der Waals surface area contributed by atoms with Crippen LogP contribution in [-0.2, 0) is 0 Å². The zero-order chi connectivity index (χ0) is 16.2. The van der Waals surface area contributed by atoms with Gasteiger partial charge in [-0.05, 0) is 30.4 Å². The normalized spacial score (nSPS) is 11.4. The zero-order valence-electron chi connectivity index (χ0n) is 12.0. The number of aromatic hydroxyl groups is 1. The maximum atomic E-state index is 12.4. The molecule has 3 rings (SSSR count). The van der Waals surface area contributed by atoms with Gasteiger partial charge >= 0.3 is 6.61 Å². The molecular formula is C18H13F2NO2. The molecule has 5 heteroatoms. The van der Waals surface area contributed by atoms with Crippen molar-refractivity contribution in [2.75, 3.05) is 0 Å². The molecule has 116 valence electrons. The summed E-state index contributed by atoms with van der Waals surface area (Å²) in [7, 11) is 0. The third-order valence-corrected chi connectivity index (χ3v) is 3.29. The first-order valence-corrected chi connectivity index (χ1v) is 6.94. The lowest BCUT2D eigenvalue weighted by atomic mass is 10.1. The van der Waals surface area contributed by atoms with Gasteiger partial charge in [0.2, 0.25) is 0 Å². The van der Waals surface area contributed by atoms with E-state index in [0.29, 0.717) is 16.8 Å². The molecule has 3 nitrogen and oxygen atoms in total. The van der Waals surface area contributed by atoms with Crippen LogP contribution in [0.5, 0.6) is 11.5 Å². The van der Waals surface area contributed by atoms with Gasteiger partial charge in [-0.2, -0.15) is 8.78 Å². The van der Waals surface area contributed by atoms with Crippen molar-refractivity contribution in [2.24, 2.45) is 0 Å². The number of phenolic OH excluding ortho intramolecular Hbond substituents is 1. The molecule has 0 aliphatic carbocycles. The SMILES string of the molecule is Oc1cccc2ccc(/C=C/c3ccccc3OC(F)F)nc12. The van der Waals surface area contributed by atoms with Crippen LogP contribution in [0.4, 0.5) is 8.78 Å². The summed E-state index contributed by atoms with van der Waals surface area (Å²) in [6.45, 7) is -2.87. The highest BCUT2D eigenvalue weighted by atomic mass is 19.3. The van der Waals surface area contributed by atoms with Crippen molar-refractivity contribution in [3.63, 3.8) is 0 Å². The van der Waals surface area contributed by atoms with E-state index in [1.807, 2.05) is 12.1 Å². The quantitative estimate of drug-likeness (QED) is 0.758. The van der Waals surface area contributed by atoms with E-state index in [1.54, 1.807) is 48.6 Å². The highest BCUT2D eigenvalue weighted by Crippen LogP contribution is 2.25. The fourth-order valence-electron chi connectivity index (χ4n) is 2.24. The zero-order valence-corrected chi connectivity index (χ0v) is 12.0. The summed E-state index contributed by atoms with van der Waals surface area (Å²) in [6.07, 6.45) is 3.32. The molecule has 1 N–H and O–H groups in total. The number of alkyl halides is 2. The van der Waals surface area contributed by atoms with Crippen LogP contribution >= 0.6 is 0 Å². The van der Waals surface area contributed by atoms with E-state index in [1.165, 1.54) is 6.07 Å². The minimum Gasteiger partial charge on any atom is -0.506 e. The van der Waals surface area contributed by atoms with Crippen LogP contribution in [-0.4, -0.2) is 16.7 Å². The lowest BCUT2D eigenvalue weighted by molar-refractivity contribution is -0.0499. The van der Waals surface area contributed by atoms with Gasteiger partial charge in [0.05, 0.1) is 5.69 Å². The van der Waals surface area contributed by atoms with Crippen LogP contribution in [0, 0.1) is 0 Å². The number of ether oxygens (including phenoxy) is 1. The second-order valence-electron chi connectivity index (χ2n) is 4.83. The second kappa shape index (κ2) is 6.44. The van der Waals surface area contributed by atoms with E-state index < -0.39 is 6.61 Å². The first kappa shape index (κ1) is 15.0. The topological polar surface area (TPSA) is 42.4 Å². The highest BCUT2D eigenvalue weighted by molar-refractivity contribution is 5.85. The Morgan fingerprint density at radius 1 is 0.957 bits per heavy atom. The molecule has 0 aliphatic heterocycles. The van der Waals surface area contributed by atoms with Gasteiger partial charge in [-0.3, -0.25) is 0 Å². The molecule has 23 heavy (non-hydrogen) atoms. The third-order valence-electron chi connectivity index (χ3n) is 3.29. The van der Waals surface area contributed by atoms with Gasteiger partial charge in [0.1, 0.15) is 17.0 Å². The Bertz CT molecular complexity index is 863. The Morgan fingerprint density at radius 3 is 2.61 bits per heavy atom. The standard InChI is InChI=1S/C18H13F2NO2/c19-18(20)23-16-7-2-1-4-12(16)8-10-14-11-9-13-5-3-6-15(22)17(13)21-14/h1-11,18,22H/b10-8+. The minimum atomic E-state index is -2.87. The van der Waals surface area contributed by atoms with Crippen LogP contribution < -0.4 is 4.74 Å². The summed E-state index contributed by atoms with van der Waals surface area (Å²) in [4.78, 5) is 4.35. The second-order valence-corrected chi connectivity index (χ2v) is 4.83. The van der Waals surface area contributed by atoms with E-state index in [4.69, 9.17) is 0 Å². The fourth-order valence-corrected chi connectivity index (χ4v) is 2.24. The Labute approximate surface area is 131 Å². The highest BCUT2D eigenvalue weighted by Gasteiger charge is 2.07. The van der Waals surface area contributed by atoms with Crippen molar-refractivity contribution < 1.29 is 18.6 Å². The Hall–Kier alpha value is -2.95. The number of para-hydroxylation sites is 2. The number of rotatable bonds is 4. The molecular weight excluding hydrogens is 300 g/mol. The first-order valence-electron chi connectivity index (χ1n) is 6.94. The minimum absolute atomic E-state index is 0.0965. The van der Waals surface area contributed by atoms with Crippen LogP contribution in [0.15, 0.2) is 54.6 Å². The Morgan fingerprint density at radius 2 is 1.78 bits per heavy atom. The van der Waals surface area contributed by atoms with E-state index in [9.17, 15) is 13.9 Å². The third kappa shape index (κ3) is 3.45. The number of phenols is 1. The fraction of sp³-hybridized carbons (Fsp3) is 0.0556. The van der Waals surface area contributed by atoms with Gasteiger partial charge in [0.15, 0.2) is 0 Å². The molecule has 1 aromatic heterocycles. The van der Waals surface area contributed by atoms with Gasteiger partial charge in [0, 0.05) is 10.9 Å². The molecule has 0 saturated carbocycles. The summed E-state index contributed by atoms with van der Waals surface area (Å²) < 4.78 is 29.3. The smallest absolute Gasteiger partial charge is 0.387 e. The largest absolute Gasteiger partial charge is 0.506 e. The molecule has 0 fully saturated rings. The molecule has 0 unspecified atom stereocenters. The molecule has 3 aromatic rings. The number of fused-ring (bicyclic) bond motifs is 1. The molecule has 0 saturated heterocycles. The van der Waals surface area contributed by atoms with Crippen LogP contribution in [0.3, 0.4) is 0 Å². The molecule has 0 radical (unpaired) electrons. The Kier molecular flexibility index (Phi) is 4.19. The van der Waals surface area contributed by atoms with Crippen LogP contribution in [0.2, 0.25) is 0 Å². The van der Waals surface area contributed by atoms with Crippen molar-refractivity contribution in [3.05, 3.63) is 65.9 Å². The number of pyridine rings is 1. The lowest BCUT2D eigenvalue weighted by Gasteiger charge is -2.07. The first-order chi connectivity index (χ1) is 11.1. The number of nitrogens with zero attached hydrogens (tertiary/aromatic N) is 1. The summed E-state index contributed by atoms with van der Waals surface area (Å²) in [6, 6.07) is 15.3. The number of aromatic nitrogens is 1. The van der Waals surface area contributed by atoms with E-state index in [0.717, 1.165) is 5.39 Å². The molecule has 2 aromatic carbocycles. The predicted molar refractivity (Wildman–Crippen MR) is 85.4 cm³/mol. The van der Waals surface area contributed by atoms with Crippen LogP contribution in [0.25, 0.3) is 23.1 Å². The van der Waals surface area contributed by atoms with Gasteiger partial charge in [-0.1, -0.05) is 36.4 Å². The monoisotopic (exact) mass is 313 g/mol. The van der Waals surface area contributed by atoms with Crippen molar-refractivity contribution >= 4 is 23.1 Å². The Balaban J connectivity index is 1.93. The van der Waals surface area contributed by atoms with Gasteiger partial charge in [-0.15, -0.1) is 0 Å². The summed E-state index contributed by atoms with van der Waals surface area (Å²) >= 11 is 0. The van der Waals surface area contributed by atoms with Crippen molar-refractivity contribution in [1.82, 2.24) is 4.98 Å². The van der Waals surface area contributed by atoms with E-state index >= 15 is 0 Å². The molecule has 0 aliphatic rings. The van der Waals surface area contributed by atoms with Crippen molar-refractivity contribution in [2.45, 2.75) is 6.61 Å². The number of hydrogen-bond acceptors (Lipinski definition) is 3. The van der Waals surface area contributed by atoms with Gasteiger partial charge in [-0.25, -0.2) is 4.98 Å². The van der Waals surface area contributed by atoms with Gasteiger partial charge < -0.3 is 9.84 Å². The van der Waals surface area contributed by atoms with Gasteiger partial charge in [0.25, 0.3) is 0 Å². The maximum absolute atomic E-state index is 12.4. The average Bonchev–Trinajstić information content (AvgIpc) is 2.54. The van der Waals surface area contributed by atoms with E-state index in [-0.39, 0.29) is 11.5 Å². The molecule has 0 atom stereocenters. The number of benzene rings is 2. The van der Waals surface area contributed by atoms with Crippen molar-refractivity contribution in [3.8, 4) is 11.5 Å². The summed E-state index contributed by atoms with van der Waals surface area (Å²) in [5, 5.41) is 10.7. The molecule has 1 heterocycles. The number of halogens is 2. The summed E-state index contributed by atoms with van der Waals surface area (Å²) in [5.74, 6) is 0.196. The lowest BCUT2D eigenvalue weighted by Crippen LogP contribution is -2.02. The predicted octanol–water partition coefficient (Wildman–Crippen LogP) is 4.71. The van der Waals surface area contributed by atoms with E-state index in [2.05, 4.69) is 9.72 Å². The molecule has 0 spiro atoms. The molecule has 0 amide bonds.